The molecule has 27 heavy (non-hydrogen) atoms. The van der Waals surface area contributed by atoms with Crippen molar-refractivity contribution in [3.8, 4) is 11.4 Å². The first-order chi connectivity index (χ1) is 13.1. The van der Waals surface area contributed by atoms with Crippen molar-refractivity contribution in [3.05, 3.63) is 76.3 Å². The monoisotopic (exact) mass is 376 g/mol. The van der Waals surface area contributed by atoms with Crippen LogP contribution in [0.15, 0.2) is 53.9 Å². The number of fused-ring (bicyclic) bond motifs is 1. The van der Waals surface area contributed by atoms with E-state index >= 15 is 0 Å². The zero-order chi connectivity index (χ0) is 18.8. The number of hydrogen-bond acceptors (Lipinski definition) is 4. The number of nitrogens with one attached hydrogen (secondary N) is 1. The van der Waals surface area contributed by atoms with Crippen molar-refractivity contribution in [2.24, 2.45) is 0 Å². The molecule has 0 unspecified atom stereocenters. The van der Waals surface area contributed by atoms with Crippen molar-refractivity contribution < 1.29 is 4.79 Å². The second-order valence-electron chi connectivity index (χ2n) is 6.54. The van der Waals surface area contributed by atoms with Crippen molar-refractivity contribution in [1.29, 1.82) is 0 Å². The van der Waals surface area contributed by atoms with Crippen LogP contribution >= 0.6 is 11.3 Å². The van der Waals surface area contributed by atoms with Gasteiger partial charge in [-0.05, 0) is 25.5 Å². The van der Waals surface area contributed by atoms with E-state index < -0.39 is 0 Å². The summed E-state index contributed by atoms with van der Waals surface area (Å²) in [5.41, 5.74) is 4.97. The van der Waals surface area contributed by atoms with Crippen LogP contribution < -0.4 is 5.32 Å². The molecule has 4 rings (SSSR count). The Morgan fingerprint density at radius 3 is 2.67 bits per heavy atom. The Bertz CT molecular complexity index is 1100. The molecule has 1 amide bonds. The number of aryl methyl sites for hydroxylation is 2. The molecule has 4 aromatic rings. The number of carbonyl (C=O) groups excluding carboxylic acids is 1. The van der Waals surface area contributed by atoms with Crippen molar-refractivity contribution in [2.75, 3.05) is 6.54 Å². The second-order valence-corrected chi connectivity index (χ2v) is 7.38. The molecule has 0 radical (unpaired) electrons. The Morgan fingerprint density at radius 1 is 1.11 bits per heavy atom. The maximum Gasteiger partial charge on any atom is 0.251 e. The zero-order valence-corrected chi connectivity index (χ0v) is 16.1. The van der Waals surface area contributed by atoms with Crippen LogP contribution in [0, 0.1) is 13.8 Å². The molecule has 0 bridgehead atoms. The number of thiazole rings is 1. The van der Waals surface area contributed by atoms with Crippen molar-refractivity contribution in [2.45, 2.75) is 20.3 Å². The lowest BCUT2D eigenvalue weighted by Crippen LogP contribution is -2.26. The van der Waals surface area contributed by atoms with Gasteiger partial charge < -0.3 is 5.32 Å². The fraction of sp³-hybridized carbons (Fsp3) is 0.190. The Kier molecular flexibility index (Phi) is 4.73. The lowest BCUT2D eigenvalue weighted by Gasteiger charge is -2.07. The number of carbonyl (C=O) groups is 1. The molecule has 0 atom stereocenters. The average molecular weight is 376 g/mol. The summed E-state index contributed by atoms with van der Waals surface area (Å²) in [7, 11) is 0. The molecule has 2 aromatic heterocycles. The molecule has 0 saturated carbocycles. The quantitative estimate of drug-likeness (QED) is 0.572. The number of amides is 1. The van der Waals surface area contributed by atoms with E-state index in [2.05, 4.69) is 34.5 Å². The van der Waals surface area contributed by atoms with E-state index in [9.17, 15) is 4.79 Å². The van der Waals surface area contributed by atoms with Crippen LogP contribution in [0.4, 0.5) is 0 Å². The number of hydrogen-bond donors (Lipinski definition) is 1. The number of nitrogens with zero attached hydrogens (tertiary/aromatic N) is 3. The molecule has 2 heterocycles. The highest BCUT2D eigenvalue weighted by Crippen LogP contribution is 2.21. The van der Waals surface area contributed by atoms with Crippen LogP contribution in [0.3, 0.4) is 0 Å². The fourth-order valence-corrected chi connectivity index (χ4v) is 3.80. The maximum atomic E-state index is 12.3. The van der Waals surface area contributed by atoms with Crippen molar-refractivity contribution in [1.82, 2.24) is 19.9 Å². The molecule has 2 aromatic carbocycles. The van der Waals surface area contributed by atoms with E-state index in [1.54, 1.807) is 11.3 Å². The van der Waals surface area contributed by atoms with Gasteiger partial charge in [0.25, 0.3) is 5.91 Å². The van der Waals surface area contributed by atoms with Gasteiger partial charge >= 0.3 is 0 Å². The largest absolute Gasteiger partial charge is 0.352 e. The topological polar surface area (TPSA) is 59.3 Å². The molecule has 0 aliphatic rings. The number of benzene rings is 2. The molecule has 0 aliphatic carbocycles. The number of aromatic nitrogens is 3. The summed E-state index contributed by atoms with van der Waals surface area (Å²) in [5.74, 6) is 0.686. The van der Waals surface area contributed by atoms with E-state index in [1.165, 1.54) is 5.56 Å². The lowest BCUT2D eigenvalue weighted by molar-refractivity contribution is 0.0953. The first-order valence-electron chi connectivity index (χ1n) is 8.86. The van der Waals surface area contributed by atoms with Gasteiger partial charge in [0, 0.05) is 29.5 Å². The van der Waals surface area contributed by atoms with Crippen molar-refractivity contribution in [3.63, 3.8) is 0 Å². The van der Waals surface area contributed by atoms with Crippen LogP contribution in [0.1, 0.15) is 27.2 Å². The summed E-state index contributed by atoms with van der Waals surface area (Å²) in [6, 6.07) is 15.8. The van der Waals surface area contributed by atoms with Gasteiger partial charge in [-0.25, -0.2) is 4.52 Å². The summed E-state index contributed by atoms with van der Waals surface area (Å²) in [5, 5.41) is 9.69. The van der Waals surface area contributed by atoms with E-state index in [1.807, 2.05) is 53.2 Å². The Labute approximate surface area is 161 Å². The predicted molar refractivity (Wildman–Crippen MR) is 108 cm³/mol. The van der Waals surface area contributed by atoms with Crippen LogP contribution in [0.2, 0.25) is 0 Å². The van der Waals surface area contributed by atoms with Gasteiger partial charge in [-0.3, -0.25) is 4.79 Å². The van der Waals surface area contributed by atoms with Gasteiger partial charge in [-0.1, -0.05) is 48.0 Å². The van der Waals surface area contributed by atoms with E-state index in [4.69, 9.17) is 0 Å². The smallest absolute Gasteiger partial charge is 0.251 e. The predicted octanol–water partition coefficient (Wildman–Crippen LogP) is 4.05. The van der Waals surface area contributed by atoms with E-state index in [-0.39, 0.29) is 5.91 Å². The first kappa shape index (κ1) is 17.4. The van der Waals surface area contributed by atoms with Gasteiger partial charge in [-0.15, -0.1) is 16.4 Å². The van der Waals surface area contributed by atoms with Gasteiger partial charge in [0.1, 0.15) is 0 Å². The SMILES string of the molecule is Cc1ccc(-c2nc3scc(CCNC(=O)c4ccccc4C)n3n2)cc1. The summed E-state index contributed by atoms with van der Waals surface area (Å²) in [6.45, 7) is 4.56. The van der Waals surface area contributed by atoms with Gasteiger partial charge in [0.05, 0.1) is 5.69 Å². The van der Waals surface area contributed by atoms with Crippen molar-refractivity contribution >= 4 is 22.2 Å². The third-order valence-electron chi connectivity index (χ3n) is 4.52. The molecule has 6 heteroatoms. The van der Waals surface area contributed by atoms with E-state index in [0.717, 1.165) is 33.2 Å². The standard InChI is InChI=1S/C21H20N4OS/c1-14-7-9-16(10-8-14)19-23-21-25(24-19)17(13-27-21)11-12-22-20(26)18-6-4-3-5-15(18)2/h3-10,13H,11-12H2,1-2H3,(H,22,26). The molecular formula is C21H20N4OS. The third-order valence-corrected chi connectivity index (χ3v) is 5.38. The molecule has 5 nitrogen and oxygen atoms in total. The molecule has 136 valence electrons. The Morgan fingerprint density at radius 2 is 1.89 bits per heavy atom. The summed E-state index contributed by atoms with van der Waals surface area (Å²) in [6.07, 6.45) is 0.703. The average Bonchev–Trinajstić information content (AvgIpc) is 3.24. The molecular weight excluding hydrogens is 356 g/mol. The van der Waals surface area contributed by atoms with Crippen LogP contribution in [0.5, 0.6) is 0 Å². The molecule has 0 fully saturated rings. The zero-order valence-electron chi connectivity index (χ0n) is 15.3. The van der Waals surface area contributed by atoms with Crippen LogP contribution in [0.25, 0.3) is 16.3 Å². The molecule has 0 saturated heterocycles. The van der Waals surface area contributed by atoms with Gasteiger partial charge in [0.2, 0.25) is 4.96 Å². The van der Waals surface area contributed by atoms with Gasteiger partial charge in [-0.2, -0.15) is 4.98 Å². The first-order valence-corrected chi connectivity index (χ1v) is 9.74. The summed E-state index contributed by atoms with van der Waals surface area (Å²) < 4.78 is 1.87. The Hall–Kier alpha value is -2.99. The molecule has 0 spiro atoms. The highest BCUT2D eigenvalue weighted by molar-refractivity contribution is 7.15. The van der Waals surface area contributed by atoms with Crippen LogP contribution in [-0.2, 0) is 6.42 Å². The second kappa shape index (κ2) is 7.32. The molecule has 1 N–H and O–H groups in total. The van der Waals surface area contributed by atoms with Gasteiger partial charge in [0.15, 0.2) is 5.82 Å². The Balaban J connectivity index is 1.46. The minimum atomic E-state index is -0.0430. The highest BCUT2D eigenvalue weighted by atomic mass is 32.1. The maximum absolute atomic E-state index is 12.3. The third kappa shape index (κ3) is 3.61. The lowest BCUT2D eigenvalue weighted by atomic mass is 10.1. The van der Waals surface area contributed by atoms with E-state index in [0.29, 0.717) is 13.0 Å². The molecule has 0 aliphatic heterocycles. The summed E-state index contributed by atoms with van der Waals surface area (Å²) >= 11 is 1.57. The fourth-order valence-electron chi connectivity index (χ4n) is 2.95. The normalized spacial score (nSPS) is 11.0. The minimum absolute atomic E-state index is 0.0430. The number of rotatable bonds is 5. The highest BCUT2D eigenvalue weighted by Gasteiger charge is 2.12. The summed E-state index contributed by atoms with van der Waals surface area (Å²) in [4.78, 5) is 17.8. The van der Waals surface area contributed by atoms with Crippen LogP contribution in [-0.4, -0.2) is 27.0 Å². The minimum Gasteiger partial charge on any atom is -0.352 e.